The second kappa shape index (κ2) is 47.8. The highest BCUT2D eigenvalue weighted by Crippen LogP contribution is 2.17. The first kappa shape index (κ1) is 62.3. The maximum Gasteiger partial charge on any atom is 0.306 e. The van der Waals surface area contributed by atoms with E-state index in [0.29, 0.717) is 12.8 Å². The Morgan fingerprint density at radius 2 is 0.815 bits per heavy atom. The molecule has 378 valence electrons. The van der Waals surface area contributed by atoms with Crippen molar-refractivity contribution in [2.45, 2.75) is 257 Å². The third kappa shape index (κ3) is 46.2. The molecule has 0 fully saturated rings. The van der Waals surface area contributed by atoms with Crippen LogP contribution in [0.3, 0.4) is 0 Å². The molecule has 0 aromatic carbocycles. The number of likely N-dealkylation sites (N-methyl/N-ethyl adjacent to an activating group) is 1. The van der Waals surface area contributed by atoms with Crippen LogP contribution in [0.5, 0.6) is 0 Å². The largest absolute Gasteiger partial charge is 0.544 e. The summed E-state index contributed by atoms with van der Waals surface area (Å²) in [5.41, 5.74) is 0. The van der Waals surface area contributed by atoms with Gasteiger partial charge >= 0.3 is 11.9 Å². The van der Waals surface area contributed by atoms with Crippen LogP contribution in [0.2, 0.25) is 0 Å². The van der Waals surface area contributed by atoms with Gasteiger partial charge in [0, 0.05) is 19.3 Å². The van der Waals surface area contributed by atoms with E-state index in [1.165, 1.54) is 148 Å². The molecule has 0 aliphatic carbocycles. The van der Waals surface area contributed by atoms with Gasteiger partial charge in [-0.25, -0.2) is 0 Å². The lowest BCUT2D eigenvalue weighted by Crippen LogP contribution is -2.55. The van der Waals surface area contributed by atoms with Crippen molar-refractivity contribution in [3.8, 4) is 0 Å². The molecular formula is C57H103NO7. The lowest BCUT2D eigenvalue weighted by molar-refractivity contribution is -0.889. The van der Waals surface area contributed by atoms with Crippen molar-refractivity contribution in [2.24, 2.45) is 0 Å². The molecule has 0 aliphatic rings. The monoisotopic (exact) mass is 914 g/mol. The third-order valence-corrected chi connectivity index (χ3v) is 12.3. The van der Waals surface area contributed by atoms with E-state index >= 15 is 0 Å². The number of unbranched alkanes of at least 4 members (excludes halogenated alkanes) is 30. The van der Waals surface area contributed by atoms with E-state index in [-0.39, 0.29) is 42.7 Å². The molecule has 0 amide bonds. The van der Waals surface area contributed by atoms with Crippen LogP contribution in [-0.4, -0.2) is 75.5 Å². The average molecular weight is 914 g/mol. The number of hydrogen-bond donors (Lipinski definition) is 0. The van der Waals surface area contributed by atoms with Crippen LogP contribution in [0, 0.1) is 0 Å². The molecule has 0 saturated carbocycles. The van der Waals surface area contributed by atoms with Gasteiger partial charge in [-0.1, -0.05) is 236 Å². The van der Waals surface area contributed by atoms with Crippen molar-refractivity contribution in [3.63, 3.8) is 0 Å². The van der Waals surface area contributed by atoms with Crippen LogP contribution >= 0.6 is 0 Å². The van der Waals surface area contributed by atoms with Gasteiger partial charge in [-0.3, -0.25) is 9.59 Å². The number of aliphatic carboxylic acids is 1. The first-order chi connectivity index (χ1) is 31.6. The van der Waals surface area contributed by atoms with Crippen LogP contribution in [0.4, 0.5) is 0 Å². The molecule has 0 saturated heterocycles. The zero-order chi connectivity index (χ0) is 47.7. The Hall–Kier alpha value is -2.71. The number of ether oxygens (including phenoxy) is 3. The van der Waals surface area contributed by atoms with Gasteiger partial charge in [0.1, 0.15) is 12.6 Å². The van der Waals surface area contributed by atoms with Crippen LogP contribution < -0.4 is 5.11 Å². The van der Waals surface area contributed by atoms with Gasteiger partial charge in [0.15, 0.2) is 6.10 Å². The average Bonchev–Trinajstić information content (AvgIpc) is 3.27. The van der Waals surface area contributed by atoms with Crippen LogP contribution in [0.1, 0.15) is 245 Å². The van der Waals surface area contributed by atoms with Gasteiger partial charge in [0.2, 0.25) is 0 Å². The molecule has 0 heterocycles. The van der Waals surface area contributed by atoms with E-state index in [1.54, 1.807) is 21.1 Å². The Morgan fingerprint density at radius 1 is 0.462 bits per heavy atom. The van der Waals surface area contributed by atoms with E-state index in [4.69, 9.17) is 14.2 Å². The number of allylic oxidation sites excluding steroid dienone is 8. The standard InChI is InChI=1S/C57H103NO7/c1-6-8-10-12-14-16-18-20-22-24-26-27-28-29-30-32-33-35-37-39-41-43-45-47-55(59)64-52-53(51-63-50-49-54(57(61)62)58(3,4)5)65-56(60)48-46-44-42-40-38-36-34-31-25-23-21-19-17-15-13-11-9-7-2/h15,17,19,21,23,25,31,34,53-54H,6-14,16,18,20,22,24,26-30,32-33,35-52H2,1-5H3/b17-15+,21-19+,25-23+,34-31+. The Labute approximate surface area is 401 Å². The van der Waals surface area contributed by atoms with Gasteiger partial charge in [0.05, 0.1) is 40.3 Å². The SMILES string of the molecule is CCCCC/C=C/C=C/C=C/C=C/CCCCCCCC(=O)OC(COCCC(C(=O)[O-])[N+](C)(C)C)COC(=O)CCCCCCCCCCCCCCCCCCCCCCCCC. The molecule has 0 N–H and O–H groups in total. The normalized spacial score (nSPS) is 13.2. The zero-order valence-electron chi connectivity index (χ0n) is 43.2. The fraction of sp³-hybridized carbons (Fsp3) is 0.807. The third-order valence-electron chi connectivity index (χ3n) is 12.3. The number of carboxylic acid groups (broad SMARTS) is 1. The summed E-state index contributed by atoms with van der Waals surface area (Å²) < 4.78 is 17.2. The lowest BCUT2D eigenvalue weighted by Gasteiger charge is -2.34. The molecule has 8 nitrogen and oxygen atoms in total. The van der Waals surface area contributed by atoms with Gasteiger partial charge in [-0.2, -0.15) is 0 Å². The summed E-state index contributed by atoms with van der Waals surface area (Å²) in [6, 6.07) is -0.731. The number of rotatable bonds is 49. The molecule has 0 aromatic rings. The molecule has 2 atom stereocenters. The summed E-state index contributed by atoms with van der Waals surface area (Å²) in [5, 5.41) is 11.7. The van der Waals surface area contributed by atoms with Crippen molar-refractivity contribution in [3.05, 3.63) is 48.6 Å². The molecule has 0 spiro atoms. The highest BCUT2D eigenvalue weighted by Gasteiger charge is 2.25. The topological polar surface area (TPSA) is 102 Å². The highest BCUT2D eigenvalue weighted by molar-refractivity contribution is 5.70. The molecule has 0 aromatic heterocycles. The Bertz CT molecular complexity index is 1200. The Morgan fingerprint density at radius 3 is 1.23 bits per heavy atom. The second-order valence-electron chi connectivity index (χ2n) is 19.6. The summed E-state index contributed by atoms with van der Waals surface area (Å²) >= 11 is 0. The maximum atomic E-state index is 12.8. The van der Waals surface area contributed by atoms with Crippen molar-refractivity contribution in [1.29, 1.82) is 0 Å². The number of quaternary nitrogens is 1. The molecular weight excluding hydrogens is 811 g/mol. The first-order valence-corrected chi connectivity index (χ1v) is 27.2. The van der Waals surface area contributed by atoms with E-state index in [0.717, 1.165) is 64.2 Å². The first-order valence-electron chi connectivity index (χ1n) is 27.2. The van der Waals surface area contributed by atoms with Crippen LogP contribution in [-0.2, 0) is 28.6 Å². The quantitative estimate of drug-likeness (QED) is 0.0259. The predicted molar refractivity (Wildman–Crippen MR) is 273 cm³/mol. The second-order valence-corrected chi connectivity index (χ2v) is 19.6. The Kier molecular flexibility index (Phi) is 45.8. The zero-order valence-corrected chi connectivity index (χ0v) is 43.2. The maximum absolute atomic E-state index is 12.8. The number of hydrogen-bond acceptors (Lipinski definition) is 7. The van der Waals surface area contributed by atoms with E-state index in [1.807, 2.05) is 0 Å². The highest BCUT2D eigenvalue weighted by atomic mass is 16.6. The molecule has 2 unspecified atom stereocenters. The number of carbonyl (C=O) groups is 3. The molecule has 65 heavy (non-hydrogen) atoms. The number of carbonyl (C=O) groups excluding carboxylic acids is 3. The predicted octanol–water partition coefficient (Wildman–Crippen LogP) is 14.6. The van der Waals surface area contributed by atoms with Crippen molar-refractivity contribution in [2.75, 3.05) is 41.0 Å². The Balaban J connectivity index is 4.21. The number of esters is 2. The van der Waals surface area contributed by atoms with E-state index < -0.39 is 18.1 Å². The van der Waals surface area contributed by atoms with Crippen molar-refractivity contribution >= 4 is 17.9 Å². The summed E-state index contributed by atoms with van der Waals surface area (Å²) in [4.78, 5) is 37.1. The van der Waals surface area contributed by atoms with Crippen molar-refractivity contribution < 1.29 is 38.2 Å². The summed E-state index contributed by atoms with van der Waals surface area (Å²) in [6.45, 7) is 4.63. The minimum Gasteiger partial charge on any atom is -0.544 e. The summed E-state index contributed by atoms with van der Waals surface area (Å²) in [7, 11) is 5.41. The van der Waals surface area contributed by atoms with Crippen LogP contribution in [0.15, 0.2) is 48.6 Å². The smallest absolute Gasteiger partial charge is 0.306 e. The molecule has 0 rings (SSSR count). The van der Waals surface area contributed by atoms with E-state index in [2.05, 4.69) is 62.5 Å². The van der Waals surface area contributed by atoms with Gasteiger partial charge in [-0.05, 0) is 38.5 Å². The minimum absolute atomic E-state index is 0.0323. The fourth-order valence-electron chi connectivity index (χ4n) is 8.09. The molecule has 0 bridgehead atoms. The molecule has 0 aliphatic heterocycles. The van der Waals surface area contributed by atoms with Gasteiger partial charge < -0.3 is 28.6 Å². The summed E-state index contributed by atoms with van der Waals surface area (Å²) in [6.07, 6.45) is 58.6. The van der Waals surface area contributed by atoms with Crippen molar-refractivity contribution in [1.82, 2.24) is 0 Å². The summed E-state index contributed by atoms with van der Waals surface area (Å²) in [5.74, 6) is -1.75. The molecule has 8 heteroatoms. The fourth-order valence-corrected chi connectivity index (χ4v) is 8.09. The molecule has 0 radical (unpaired) electrons. The van der Waals surface area contributed by atoms with E-state index in [9.17, 15) is 19.5 Å². The minimum atomic E-state index is -1.13. The van der Waals surface area contributed by atoms with Gasteiger partial charge in [0.25, 0.3) is 0 Å². The van der Waals surface area contributed by atoms with Crippen LogP contribution in [0.25, 0.3) is 0 Å². The lowest BCUT2D eigenvalue weighted by atomic mass is 10.0. The number of nitrogens with zero attached hydrogens (tertiary/aromatic N) is 1. The number of carboxylic acids is 1. The van der Waals surface area contributed by atoms with Gasteiger partial charge in [-0.15, -0.1) is 0 Å².